The molecule has 2 bridgehead atoms. The number of carboxylic acid groups (broad SMARTS) is 1. The maximum Gasteiger partial charge on any atom is 0.331 e. The predicted octanol–water partition coefficient (Wildman–Crippen LogP) is 2.04. The minimum Gasteiger partial charge on any atom is -0.478 e. The Labute approximate surface area is 102 Å². The van der Waals surface area contributed by atoms with Crippen LogP contribution in [0.2, 0.25) is 0 Å². The molecule has 0 radical (unpaired) electrons. The molecule has 3 nitrogen and oxygen atoms in total. The van der Waals surface area contributed by atoms with Gasteiger partial charge in [0.15, 0.2) is 0 Å². The molecular weight excluding hydrogens is 214 g/mol. The molecule has 0 aliphatic heterocycles. The number of aliphatic carboxylic acids is 1. The maximum absolute atomic E-state index is 10.8. The molecule has 0 saturated heterocycles. The van der Waals surface area contributed by atoms with Crippen molar-refractivity contribution in [2.24, 2.45) is 23.7 Å². The second kappa shape index (κ2) is 4.13. The van der Waals surface area contributed by atoms with Gasteiger partial charge in [-0.3, -0.25) is 0 Å². The van der Waals surface area contributed by atoms with Crippen molar-refractivity contribution in [3.63, 3.8) is 0 Å². The molecule has 17 heavy (non-hydrogen) atoms. The molecule has 3 aliphatic carbocycles. The Bertz CT molecular complexity index is 347. The lowest BCUT2D eigenvalue weighted by molar-refractivity contribution is -0.132. The van der Waals surface area contributed by atoms with Crippen molar-refractivity contribution in [1.29, 1.82) is 0 Å². The normalized spacial score (nSPS) is 42.6. The van der Waals surface area contributed by atoms with Crippen molar-refractivity contribution in [2.75, 3.05) is 6.54 Å². The SMILES string of the molecule is CCC(=CCNC1C2C3CCC(C3)C12)C(=O)O. The number of hydrogen-bond acceptors (Lipinski definition) is 2. The molecule has 94 valence electrons. The number of fused-ring (bicyclic) bond motifs is 5. The number of hydrogen-bond donors (Lipinski definition) is 2. The summed E-state index contributed by atoms with van der Waals surface area (Å²) in [7, 11) is 0. The summed E-state index contributed by atoms with van der Waals surface area (Å²) < 4.78 is 0. The minimum atomic E-state index is -0.773. The fraction of sp³-hybridized carbons (Fsp3) is 0.786. The first kappa shape index (κ1) is 11.3. The highest BCUT2D eigenvalue weighted by Gasteiger charge is 2.64. The van der Waals surface area contributed by atoms with Gasteiger partial charge in [0.1, 0.15) is 0 Å². The Balaban J connectivity index is 1.49. The molecule has 3 rings (SSSR count). The van der Waals surface area contributed by atoms with E-state index in [0.29, 0.717) is 18.0 Å². The number of carbonyl (C=O) groups is 1. The van der Waals surface area contributed by atoms with Crippen molar-refractivity contribution >= 4 is 5.97 Å². The molecule has 0 amide bonds. The van der Waals surface area contributed by atoms with E-state index in [0.717, 1.165) is 30.2 Å². The summed E-state index contributed by atoms with van der Waals surface area (Å²) >= 11 is 0. The van der Waals surface area contributed by atoms with Crippen LogP contribution in [0, 0.1) is 23.7 Å². The van der Waals surface area contributed by atoms with Crippen molar-refractivity contribution in [3.05, 3.63) is 11.6 Å². The number of rotatable bonds is 5. The van der Waals surface area contributed by atoms with Gasteiger partial charge in [0.05, 0.1) is 0 Å². The van der Waals surface area contributed by atoms with E-state index in [4.69, 9.17) is 5.11 Å². The van der Waals surface area contributed by atoms with E-state index in [-0.39, 0.29) is 0 Å². The molecule has 3 heteroatoms. The summed E-state index contributed by atoms with van der Waals surface area (Å²) in [6.07, 6.45) is 6.81. The molecule has 0 aromatic carbocycles. The van der Waals surface area contributed by atoms with Gasteiger partial charge in [-0.15, -0.1) is 0 Å². The van der Waals surface area contributed by atoms with Crippen LogP contribution in [0.15, 0.2) is 11.6 Å². The Morgan fingerprint density at radius 3 is 2.53 bits per heavy atom. The monoisotopic (exact) mass is 235 g/mol. The highest BCUT2D eigenvalue weighted by Crippen LogP contribution is 2.65. The number of carboxylic acids is 1. The average molecular weight is 235 g/mol. The lowest BCUT2D eigenvalue weighted by Crippen LogP contribution is -2.23. The van der Waals surface area contributed by atoms with Crippen LogP contribution in [0.1, 0.15) is 32.6 Å². The summed E-state index contributed by atoms with van der Waals surface area (Å²) in [5.74, 6) is 3.05. The third kappa shape index (κ3) is 1.81. The van der Waals surface area contributed by atoms with Gasteiger partial charge in [0, 0.05) is 18.2 Å². The van der Waals surface area contributed by atoms with E-state index in [2.05, 4.69) is 5.32 Å². The lowest BCUT2D eigenvalue weighted by Gasteiger charge is -2.09. The van der Waals surface area contributed by atoms with Gasteiger partial charge >= 0.3 is 5.97 Å². The zero-order valence-electron chi connectivity index (χ0n) is 10.4. The van der Waals surface area contributed by atoms with Crippen LogP contribution in [0.5, 0.6) is 0 Å². The predicted molar refractivity (Wildman–Crippen MR) is 65.6 cm³/mol. The van der Waals surface area contributed by atoms with Crippen LogP contribution in [0.4, 0.5) is 0 Å². The second-order valence-electron chi connectivity index (χ2n) is 5.81. The third-order valence-corrected chi connectivity index (χ3v) is 5.09. The summed E-state index contributed by atoms with van der Waals surface area (Å²) in [6.45, 7) is 2.62. The fourth-order valence-electron chi connectivity index (χ4n) is 4.30. The molecule has 2 N–H and O–H groups in total. The standard InChI is InChI=1S/C14H21NO2/c1-2-8(14(16)17)5-6-15-13-11-9-3-4-10(7-9)12(11)13/h5,9-13,15H,2-4,6-7H2,1H3,(H,16,17). The molecule has 0 aromatic rings. The van der Waals surface area contributed by atoms with Crippen LogP contribution in [-0.4, -0.2) is 23.7 Å². The van der Waals surface area contributed by atoms with Crippen LogP contribution >= 0.6 is 0 Å². The second-order valence-corrected chi connectivity index (χ2v) is 5.81. The van der Waals surface area contributed by atoms with E-state index in [1.807, 2.05) is 13.0 Å². The molecular formula is C14H21NO2. The Morgan fingerprint density at radius 1 is 1.35 bits per heavy atom. The fourth-order valence-corrected chi connectivity index (χ4v) is 4.30. The Kier molecular flexibility index (Phi) is 2.74. The molecule has 0 spiro atoms. The lowest BCUT2D eigenvalue weighted by atomic mass is 10.0. The average Bonchev–Trinajstić information content (AvgIpc) is 2.71. The largest absolute Gasteiger partial charge is 0.478 e. The minimum absolute atomic E-state index is 0.534. The van der Waals surface area contributed by atoms with Gasteiger partial charge < -0.3 is 10.4 Å². The summed E-state index contributed by atoms with van der Waals surface area (Å²) in [5, 5.41) is 12.5. The van der Waals surface area contributed by atoms with Crippen molar-refractivity contribution < 1.29 is 9.90 Å². The Morgan fingerprint density at radius 2 is 2.00 bits per heavy atom. The van der Waals surface area contributed by atoms with E-state index in [1.54, 1.807) is 0 Å². The number of nitrogens with one attached hydrogen (secondary N) is 1. The first-order chi connectivity index (χ1) is 8.22. The quantitative estimate of drug-likeness (QED) is 0.717. The van der Waals surface area contributed by atoms with E-state index in [9.17, 15) is 4.79 Å². The van der Waals surface area contributed by atoms with Gasteiger partial charge in [-0.1, -0.05) is 13.0 Å². The van der Waals surface area contributed by atoms with Crippen molar-refractivity contribution in [1.82, 2.24) is 5.32 Å². The third-order valence-electron chi connectivity index (χ3n) is 5.09. The molecule has 0 heterocycles. The van der Waals surface area contributed by atoms with Gasteiger partial charge in [-0.05, 0) is 49.4 Å². The van der Waals surface area contributed by atoms with E-state index in [1.165, 1.54) is 19.3 Å². The van der Waals surface area contributed by atoms with Crippen LogP contribution < -0.4 is 5.32 Å². The van der Waals surface area contributed by atoms with Crippen LogP contribution in [-0.2, 0) is 4.79 Å². The van der Waals surface area contributed by atoms with Crippen LogP contribution in [0.3, 0.4) is 0 Å². The van der Waals surface area contributed by atoms with Gasteiger partial charge in [-0.2, -0.15) is 0 Å². The molecule has 3 aliphatic rings. The zero-order chi connectivity index (χ0) is 12.0. The molecule has 3 saturated carbocycles. The van der Waals surface area contributed by atoms with Crippen molar-refractivity contribution in [2.45, 2.75) is 38.6 Å². The first-order valence-corrected chi connectivity index (χ1v) is 6.88. The first-order valence-electron chi connectivity index (χ1n) is 6.88. The summed E-state index contributed by atoms with van der Waals surface area (Å²) in [6, 6.07) is 0.699. The maximum atomic E-state index is 10.8. The smallest absolute Gasteiger partial charge is 0.331 e. The van der Waals surface area contributed by atoms with Crippen molar-refractivity contribution in [3.8, 4) is 0 Å². The summed E-state index contributed by atoms with van der Waals surface area (Å²) in [4.78, 5) is 10.8. The molecule has 3 fully saturated rings. The zero-order valence-corrected chi connectivity index (χ0v) is 10.4. The topological polar surface area (TPSA) is 49.3 Å². The van der Waals surface area contributed by atoms with E-state index < -0.39 is 5.97 Å². The van der Waals surface area contributed by atoms with E-state index >= 15 is 0 Å². The molecule has 4 unspecified atom stereocenters. The molecule has 0 aromatic heterocycles. The summed E-state index contributed by atoms with van der Waals surface area (Å²) in [5.41, 5.74) is 0.534. The highest BCUT2D eigenvalue weighted by atomic mass is 16.4. The van der Waals surface area contributed by atoms with Gasteiger partial charge in [-0.25, -0.2) is 4.79 Å². The highest BCUT2D eigenvalue weighted by molar-refractivity contribution is 5.86. The molecule has 4 atom stereocenters. The Hall–Kier alpha value is -0.830. The van der Waals surface area contributed by atoms with Gasteiger partial charge in [0.25, 0.3) is 0 Å². The van der Waals surface area contributed by atoms with Crippen LogP contribution in [0.25, 0.3) is 0 Å². The van der Waals surface area contributed by atoms with Gasteiger partial charge in [0.2, 0.25) is 0 Å².